The fraction of sp³-hybridized carbons (Fsp3) is 0.727. The molecule has 0 amide bonds. The Kier molecular flexibility index (Phi) is 1.64. The highest BCUT2D eigenvalue weighted by Gasteiger charge is 2.37. The van der Waals surface area contributed by atoms with Gasteiger partial charge in [-0.2, -0.15) is 0 Å². The minimum Gasteiger partial charge on any atom is -0.295 e. The van der Waals surface area contributed by atoms with Gasteiger partial charge in [0.1, 0.15) is 0 Å². The number of allylic oxidation sites excluding steroid dienone is 2. The van der Waals surface area contributed by atoms with Crippen molar-refractivity contribution in [3.05, 3.63) is 11.1 Å². The average molecular weight is 164 g/mol. The van der Waals surface area contributed by atoms with Gasteiger partial charge in [0.25, 0.3) is 0 Å². The van der Waals surface area contributed by atoms with Crippen LogP contribution in [0.4, 0.5) is 0 Å². The van der Waals surface area contributed by atoms with Crippen LogP contribution in [0, 0.1) is 5.41 Å². The summed E-state index contributed by atoms with van der Waals surface area (Å²) in [4.78, 5) is 11.6. The Morgan fingerprint density at radius 3 is 2.58 bits per heavy atom. The molecule has 0 fully saturated rings. The molecule has 0 spiro atoms. The maximum Gasteiger partial charge on any atom is 0.159 e. The van der Waals surface area contributed by atoms with Crippen LogP contribution in [-0.2, 0) is 4.79 Å². The number of hydrogen-bond donors (Lipinski definition) is 0. The molecule has 0 saturated carbocycles. The predicted octanol–water partition coefficient (Wildman–Crippen LogP) is 2.86. The monoisotopic (exact) mass is 164 g/mol. The SMILES string of the molecule is CC1(C)CCC2=C1C(=O)CCC2. The van der Waals surface area contributed by atoms with Gasteiger partial charge in [0.05, 0.1) is 0 Å². The molecule has 1 heteroatoms. The summed E-state index contributed by atoms with van der Waals surface area (Å²) in [6, 6.07) is 0. The van der Waals surface area contributed by atoms with Crippen LogP contribution in [0.15, 0.2) is 11.1 Å². The molecular formula is C11H16O. The largest absolute Gasteiger partial charge is 0.295 e. The number of rotatable bonds is 0. The molecule has 2 aliphatic carbocycles. The van der Waals surface area contributed by atoms with Gasteiger partial charge in [-0.25, -0.2) is 0 Å². The summed E-state index contributed by atoms with van der Waals surface area (Å²) >= 11 is 0. The van der Waals surface area contributed by atoms with Crippen LogP contribution in [0.3, 0.4) is 0 Å². The molecule has 1 nitrogen and oxygen atoms in total. The topological polar surface area (TPSA) is 17.1 Å². The quantitative estimate of drug-likeness (QED) is 0.538. The highest BCUT2D eigenvalue weighted by Crippen LogP contribution is 2.46. The van der Waals surface area contributed by atoms with Crippen LogP contribution < -0.4 is 0 Å². The molecule has 0 atom stereocenters. The summed E-state index contributed by atoms with van der Waals surface area (Å²) < 4.78 is 0. The Morgan fingerprint density at radius 1 is 1.17 bits per heavy atom. The Bertz CT molecular complexity index is 258. The van der Waals surface area contributed by atoms with Crippen LogP contribution in [-0.4, -0.2) is 5.78 Å². The molecule has 0 N–H and O–H groups in total. The highest BCUT2D eigenvalue weighted by molar-refractivity contribution is 5.98. The van der Waals surface area contributed by atoms with Gasteiger partial charge in [-0.3, -0.25) is 4.79 Å². The molecular weight excluding hydrogens is 148 g/mol. The zero-order valence-electron chi connectivity index (χ0n) is 7.94. The van der Waals surface area contributed by atoms with Crippen molar-refractivity contribution in [2.24, 2.45) is 5.41 Å². The van der Waals surface area contributed by atoms with Gasteiger partial charge in [0.15, 0.2) is 5.78 Å². The maximum absolute atomic E-state index is 11.6. The molecule has 2 rings (SSSR count). The van der Waals surface area contributed by atoms with Gasteiger partial charge in [-0.15, -0.1) is 0 Å². The molecule has 0 aromatic heterocycles. The average Bonchev–Trinajstić information content (AvgIpc) is 2.29. The number of hydrogen-bond acceptors (Lipinski definition) is 1. The van der Waals surface area contributed by atoms with Crippen LogP contribution in [0.25, 0.3) is 0 Å². The van der Waals surface area contributed by atoms with Gasteiger partial charge in [-0.1, -0.05) is 19.4 Å². The lowest BCUT2D eigenvalue weighted by Crippen LogP contribution is -2.20. The van der Waals surface area contributed by atoms with E-state index in [4.69, 9.17) is 0 Å². The van der Waals surface area contributed by atoms with E-state index in [1.54, 1.807) is 0 Å². The summed E-state index contributed by atoms with van der Waals surface area (Å²) in [7, 11) is 0. The molecule has 0 aromatic carbocycles. The number of ketones is 1. The molecule has 0 aromatic rings. The van der Waals surface area contributed by atoms with E-state index in [0.29, 0.717) is 5.78 Å². The molecule has 2 aliphatic rings. The van der Waals surface area contributed by atoms with Crippen molar-refractivity contribution in [2.45, 2.75) is 46.0 Å². The standard InChI is InChI=1S/C11H16O/c1-11(2)7-6-8-4-3-5-9(12)10(8)11/h3-7H2,1-2H3. The number of carbonyl (C=O) groups is 1. The first kappa shape index (κ1) is 8.03. The summed E-state index contributed by atoms with van der Waals surface area (Å²) in [6.07, 6.45) is 5.43. The zero-order valence-corrected chi connectivity index (χ0v) is 7.94. The van der Waals surface area contributed by atoms with Crippen LogP contribution in [0.1, 0.15) is 46.0 Å². The maximum atomic E-state index is 11.6. The molecule has 0 aliphatic heterocycles. The summed E-state index contributed by atoms with van der Waals surface area (Å²) in [6.45, 7) is 4.41. The van der Waals surface area contributed by atoms with E-state index in [9.17, 15) is 4.79 Å². The van der Waals surface area contributed by atoms with Crippen LogP contribution in [0.5, 0.6) is 0 Å². The van der Waals surface area contributed by atoms with E-state index in [0.717, 1.165) is 12.8 Å². The Labute approximate surface area is 73.8 Å². The Balaban J connectivity index is 2.42. The van der Waals surface area contributed by atoms with Crippen molar-refractivity contribution >= 4 is 5.78 Å². The predicted molar refractivity (Wildman–Crippen MR) is 48.9 cm³/mol. The van der Waals surface area contributed by atoms with Crippen molar-refractivity contribution in [1.82, 2.24) is 0 Å². The second-order valence-electron chi connectivity index (χ2n) is 4.64. The zero-order chi connectivity index (χ0) is 8.77. The lowest BCUT2D eigenvalue weighted by Gasteiger charge is -2.24. The molecule has 0 bridgehead atoms. The van der Waals surface area contributed by atoms with E-state index in [1.165, 1.54) is 30.4 Å². The van der Waals surface area contributed by atoms with Gasteiger partial charge in [-0.05, 0) is 36.7 Å². The van der Waals surface area contributed by atoms with Crippen molar-refractivity contribution in [2.75, 3.05) is 0 Å². The van der Waals surface area contributed by atoms with Crippen molar-refractivity contribution < 1.29 is 4.79 Å². The van der Waals surface area contributed by atoms with E-state index in [1.807, 2.05) is 0 Å². The number of carbonyl (C=O) groups excluding carboxylic acids is 1. The van der Waals surface area contributed by atoms with Gasteiger partial charge in [0, 0.05) is 6.42 Å². The minimum atomic E-state index is 0.187. The molecule has 12 heavy (non-hydrogen) atoms. The lowest BCUT2D eigenvalue weighted by atomic mass is 9.79. The van der Waals surface area contributed by atoms with Crippen LogP contribution in [0.2, 0.25) is 0 Å². The Hall–Kier alpha value is -0.590. The van der Waals surface area contributed by atoms with Crippen molar-refractivity contribution in [3.8, 4) is 0 Å². The molecule has 0 unspecified atom stereocenters. The third-order valence-electron chi connectivity index (χ3n) is 3.24. The van der Waals surface area contributed by atoms with E-state index >= 15 is 0 Å². The fourth-order valence-corrected chi connectivity index (χ4v) is 2.60. The van der Waals surface area contributed by atoms with Crippen molar-refractivity contribution in [3.63, 3.8) is 0 Å². The molecule has 0 heterocycles. The number of Topliss-reactive ketones (excluding diaryl/α,β-unsaturated/α-hetero) is 1. The van der Waals surface area contributed by atoms with Gasteiger partial charge in [0.2, 0.25) is 0 Å². The summed E-state index contributed by atoms with van der Waals surface area (Å²) in [5.74, 6) is 0.429. The van der Waals surface area contributed by atoms with E-state index in [2.05, 4.69) is 13.8 Å². The normalized spacial score (nSPS) is 27.7. The van der Waals surface area contributed by atoms with Crippen LogP contribution >= 0.6 is 0 Å². The van der Waals surface area contributed by atoms with E-state index in [-0.39, 0.29) is 5.41 Å². The first-order chi connectivity index (χ1) is 5.61. The third-order valence-corrected chi connectivity index (χ3v) is 3.24. The second kappa shape index (κ2) is 2.45. The summed E-state index contributed by atoms with van der Waals surface area (Å²) in [5, 5.41) is 0. The molecule has 0 saturated heterocycles. The van der Waals surface area contributed by atoms with Crippen molar-refractivity contribution in [1.29, 1.82) is 0 Å². The first-order valence-electron chi connectivity index (χ1n) is 4.87. The highest BCUT2D eigenvalue weighted by atomic mass is 16.1. The van der Waals surface area contributed by atoms with E-state index < -0.39 is 0 Å². The molecule has 0 radical (unpaired) electrons. The fourth-order valence-electron chi connectivity index (χ4n) is 2.60. The third kappa shape index (κ3) is 1.03. The van der Waals surface area contributed by atoms with Gasteiger partial charge >= 0.3 is 0 Å². The lowest BCUT2D eigenvalue weighted by molar-refractivity contribution is -0.116. The minimum absolute atomic E-state index is 0.187. The molecule has 66 valence electrons. The smallest absolute Gasteiger partial charge is 0.159 e. The summed E-state index contributed by atoms with van der Waals surface area (Å²) in [5.41, 5.74) is 2.84. The Morgan fingerprint density at radius 2 is 1.92 bits per heavy atom. The van der Waals surface area contributed by atoms with Gasteiger partial charge < -0.3 is 0 Å². The first-order valence-corrected chi connectivity index (χ1v) is 4.87. The second-order valence-corrected chi connectivity index (χ2v) is 4.64.